The summed E-state index contributed by atoms with van der Waals surface area (Å²) in [7, 11) is 0. The van der Waals surface area contributed by atoms with Crippen molar-refractivity contribution in [1.82, 2.24) is 5.32 Å². The van der Waals surface area contributed by atoms with E-state index < -0.39 is 12.0 Å². The van der Waals surface area contributed by atoms with Crippen LogP contribution in [0.5, 0.6) is 0 Å². The molecule has 1 amide bonds. The standard InChI is InChI=1S/C13H21NO4/c1-3-4-5-11(13(16)17)14-12(15)10-6-7-18-9(2)8-10/h3-4,9-11H,5-8H2,1-2H3,(H,14,15)(H,16,17)/b4-3+. The number of hydrogen-bond donors (Lipinski definition) is 2. The van der Waals surface area contributed by atoms with Gasteiger partial charge in [0.15, 0.2) is 0 Å². The summed E-state index contributed by atoms with van der Waals surface area (Å²) >= 11 is 0. The number of carboxylic acids is 1. The molecule has 5 nitrogen and oxygen atoms in total. The van der Waals surface area contributed by atoms with Crippen LogP contribution in [0.2, 0.25) is 0 Å². The maximum Gasteiger partial charge on any atom is 0.326 e. The normalized spacial score (nSPS) is 25.9. The van der Waals surface area contributed by atoms with Crippen molar-refractivity contribution in [3.8, 4) is 0 Å². The zero-order valence-corrected chi connectivity index (χ0v) is 10.9. The smallest absolute Gasteiger partial charge is 0.326 e. The zero-order valence-electron chi connectivity index (χ0n) is 10.9. The molecular formula is C13H21NO4. The molecule has 0 aromatic carbocycles. The lowest BCUT2D eigenvalue weighted by molar-refractivity contribution is -0.143. The van der Waals surface area contributed by atoms with Gasteiger partial charge in [0.05, 0.1) is 6.10 Å². The SMILES string of the molecule is C/C=C/CC(NC(=O)C1CCOC(C)C1)C(=O)O. The molecule has 0 aromatic heterocycles. The molecule has 3 unspecified atom stereocenters. The van der Waals surface area contributed by atoms with E-state index in [0.29, 0.717) is 25.9 Å². The quantitative estimate of drug-likeness (QED) is 0.727. The summed E-state index contributed by atoms with van der Waals surface area (Å²) in [5.74, 6) is -1.31. The van der Waals surface area contributed by atoms with Gasteiger partial charge in [-0.15, -0.1) is 0 Å². The predicted molar refractivity (Wildman–Crippen MR) is 67.1 cm³/mol. The molecule has 0 spiro atoms. The molecule has 2 N–H and O–H groups in total. The molecule has 0 saturated carbocycles. The van der Waals surface area contributed by atoms with Gasteiger partial charge in [0, 0.05) is 12.5 Å². The highest BCUT2D eigenvalue weighted by atomic mass is 16.5. The molecule has 0 aromatic rings. The molecule has 1 fully saturated rings. The van der Waals surface area contributed by atoms with Gasteiger partial charge in [0.1, 0.15) is 6.04 Å². The van der Waals surface area contributed by atoms with Crippen LogP contribution in [-0.2, 0) is 14.3 Å². The molecule has 1 saturated heterocycles. The fraction of sp³-hybridized carbons (Fsp3) is 0.692. The molecule has 0 radical (unpaired) electrons. The number of ether oxygens (including phenoxy) is 1. The Bertz CT molecular complexity index is 327. The Morgan fingerprint density at radius 1 is 1.56 bits per heavy atom. The summed E-state index contributed by atoms with van der Waals surface area (Å²) in [5.41, 5.74) is 0. The Morgan fingerprint density at radius 3 is 2.83 bits per heavy atom. The van der Waals surface area contributed by atoms with Gasteiger partial charge < -0.3 is 15.2 Å². The number of aliphatic carboxylic acids is 1. The van der Waals surface area contributed by atoms with E-state index in [4.69, 9.17) is 9.84 Å². The molecule has 5 heteroatoms. The van der Waals surface area contributed by atoms with Crippen molar-refractivity contribution in [2.45, 2.75) is 45.3 Å². The third kappa shape index (κ3) is 4.49. The van der Waals surface area contributed by atoms with Crippen LogP contribution in [-0.4, -0.2) is 35.7 Å². The van der Waals surface area contributed by atoms with Gasteiger partial charge >= 0.3 is 5.97 Å². The van der Waals surface area contributed by atoms with Gasteiger partial charge in [-0.05, 0) is 33.1 Å². The molecule has 18 heavy (non-hydrogen) atoms. The van der Waals surface area contributed by atoms with Gasteiger partial charge in [-0.1, -0.05) is 12.2 Å². The fourth-order valence-electron chi connectivity index (χ4n) is 2.02. The third-order valence-corrected chi connectivity index (χ3v) is 3.08. The molecule has 1 heterocycles. The van der Waals surface area contributed by atoms with Crippen LogP contribution in [0, 0.1) is 5.92 Å². The number of rotatable bonds is 5. The molecule has 0 aliphatic carbocycles. The van der Waals surface area contributed by atoms with Crippen molar-refractivity contribution < 1.29 is 19.4 Å². The molecule has 1 aliphatic heterocycles. The van der Waals surface area contributed by atoms with E-state index in [1.54, 1.807) is 12.2 Å². The number of hydrogen-bond acceptors (Lipinski definition) is 3. The zero-order chi connectivity index (χ0) is 13.5. The summed E-state index contributed by atoms with van der Waals surface area (Å²) < 4.78 is 5.37. The number of carbonyl (C=O) groups is 2. The largest absolute Gasteiger partial charge is 0.480 e. The van der Waals surface area contributed by atoms with Gasteiger partial charge in [-0.3, -0.25) is 4.79 Å². The van der Waals surface area contributed by atoms with Crippen LogP contribution >= 0.6 is 0 Å². The minimum Gasteiger partial charge on any atom is -0.480 e. The van der Waals surface area contributed by atoms with Crippen LogP contribution in [0.1, 0.15) is 33.1 Å². The van der Waals surface area contributed by atoms with E-state index in [1.165, 1.54) is 0 Å². The number of carboxylic acid groups (broad SMARTS) is 1. The highest BCUT2D eigenvalue weighted by Crippen LogP contribution is 2.20. The van der Waals surface area contributed by atoms with Gasteiger partial charge in [-0.25, -0.2) is 4.79 Å². The van der Waals surface area contributed by atoms with Gasteiger partial charge in [-0.2, -0.15) is 0 Å². The summed E-state index contributed by atoms with van der Waals surface area (Å²) in [6.45, 7) is 4.31. The number of nitrogens with one attached hydrogen (secondary N) is 1. The van der Waals surface area contributed by atoms with Crippen molar-refractivity contribution in [1.29, 1.82) is 0 Å². The maximum absolute atomic E-state index is 12.0. The lowest BCUT2D eigenvalue weighted by atomic mass is 9.95. The maximum atomic E-state index is 12.0. The van der Waals surface area contributed by atoms with Crippen molar-refractivity contribution in [3.05, 3.63) is 12.2 Å². The van der Waals surface area contributed by atoms with Crippen molar-refractivity contribution in [2.24, 2.45) is 5.92 Å². The second-order valence-electron chi connectivity index (χ2n) is 4.61. The second kappa shape index (κ2) is 7.16. The molecule has 3 atom stereocenters. The van der Waals surface area contributed by atoms with Gasteiger partial charge in [0.2, 0.25) is 5.91 Å². The summed E-state index contributed by atoms with van der Waals surface area (Å²) in [6, 6.07) is -0.841. The Hall–Kier alpha value is -1.36. The highest BCUT2D eigenvalue weighted by molar-refractivity contribution is 5.85. The van der Waals surface area contributed by atoms with Crippen molar-refractivity contribution in [3.63, 3.8) is 0 Å². The van der Waals surface area contributed by atoms with E-state index in [2.05, 4.69) is 5.32 Å². The molecule has 102 valence electrons. The first-order valence-electron chi connectivity index (χ1n) is 6.30. The number of amides is 1. The molecule has 1 aliphatic rings. The van der Waals surface area contributed by atoms with Crippen LogP contribution in [0.3, 0.4) is 0 Å². The third-order valence-electron chi connectivity index (χ3n) is 3.08. The van der Waals surface area contributed by atoms with Crippen LogP contribution < -0.4 is 5.32 Å². The van der Waals surface area contributed by atoms with E-state index >= 15 is 0 Å². The van der Waals surface area contributed by atoms with Crippen LogP contribution in [0.15, 0.2) is 12.2 Å². The minimum atomic E-state index is -0.999. The number of allylic oxidation sites excluding steroid dienone is 1. The molecule has 1 rings (SSSR count). The molecule has 0 bridgehead atoms. The lowest BCUT2D eigenvalue weighted by Gasteiger charge is -2.27. The first-order chi connectivity index (χ1) is 8.54. The Balaban J connectivity index is 2.52. The van der Waals surface area contributed by atoms with Crippen LogP contribution in [0.25, 0.3) is 0 Å². The average Bonchev–Trinajstić information content (AvgIpc) is 2.33. The lowest BCUT2D eigenvalue weighted by Crippen LogP contribution is -2.45. The first-order valence-corrected chi connectivity index (χ1v) is 6.30. The van der Waals surface area contributed by atoms with E-state index in [9.17, 15) is 9.59 Å². The first kappa shape index (κ1) is 14.7. The predicted octanol–water partition coefficient (Wildman–Crippen LogP) is 1.34. The van der Waals surface area contributed by atoms with Crippen LogP contribution in [0.4, 0.5) is 0 Å². The fourth-order valence-corrected chi connectivity index (χ4v) is 2.02. The highest BCUT2D eigenvalue weighted by Gasteiger charge is 2.28. The Labute approximate surface area is 107 Å². The summed E-state index contributed by atoms with van der Waals surface area (Å²) in [6.07, 6.45) is 5.21. The van der Waals surface area contributed by atoms with E-state index in [1.807, 2.05) is 13.8 Å². The minimum absolute atomic E-state index is 0.0633. The van der Waals surface area contributed by atoms with Gasteiger partial charge in [0.25, 0.3) is 0 Å². The number of carbonyl (C=O) groups excluding carboxylic acids is 1. The summed E-state index contributed by atoms with van der Waals surface area (Å²) in [4.78, 5) is 23.0. The van der Waals surface area contributed by atoms with Crippen molar-refractivity contribution in [2.75, 3.05) is 6.61 Å². The monoisotopic (exact) mass is 255 g/mol. The second-order valence-corrected chi connectivity index (χ2v) is 4.61. The average molecular weight is 255 g/mol. The Kier molecular flexibility index (Phi) is 5.85. The van der Waals surface area contributed by atoms with E-state index in [-0.39, 0.29) is 17.9 Å². The van der Waals surface area contributed by atoms with E-state index in [0.717, 1.165) is 0 Å². The topological polar surface area (TPSA) is 75.6 Å². The molecular weight excluding hydrogens is 234 g/mol. The Morgan fingerprint density at radius 2 is 2.28 bits per heavy atom. The van der Waals surface area contributed by atoms with Crippen molar-refractivity contribution >= 4 is 11.9 Å². The summed E-state index contributed by atoms with van der Waals surface area (Å²) in [5, 5.41) is 11.6.